The van der Waals surface area contributed by atoms with Crippen molar-refractivity contribution in [2.45, 2.75) is 76.6 Å². The molecule has 6 heteroatoms. The van der Waals surface area contributed by atoms with Crippen LogP contribution in [0.5, 0.6) is 0 Å². The van der Waals surface area contributed by atoms with E-state index in [4.69, 9.17) is 4.74 Å². The third kappa shape index (κ3) is 3.75. The van der Waals surface area contributed by atoms with E-state index >= 15 is 0 Å². The molecule has 2 fully saturated rings. The number of ether oxygens (including phenoxy) is 1. The van der Waals surface area contributed by atoms with Crippen LogP contribution in [0.25, 0.3) is 0 Å². The van der Waals surface area contributed by atoms with Gasteiger partial charge in [-0.1, -0.05) is 25.8 Å². The molecule has 25 heavy (non-hydrogen) atoms. The van der Waals surface area contributed by atoms with Gasteiger partial charge in [-0.3, -0.25) is 14.5 Å². The van der Waals surface area contributed by atoms with Gasteiger partial charge >= 0.3 is 0 Å². The summed E-state index contributed by atoms with van der Waals surface area (Å²) in [6.07, 6.45) is 6.33. The Morgan fingerprint density at radius 2 is 2.08 bits per heavy atom. The van der Waals surface area contributed by atoms with Crippen LogP contribution in [0.1, 0.15) is 68.5 Å². The first-order chi connectivity index (χ1) is 12.1. The molecule has 5 nitrogen and oxygen atoms in total. The molecular weight excluding hydrogens is 336 g/mol. The SMILES string of the molecule is CC[C@](C)(C(=O)NC1CCCC1)N(C(=O)c1cccs1)[C@@H]1CCCO1. The minimum absolute atomic E-state index is 0.0534. The fourth-order valence-electron chi connectivity index (χ4n) is 3.81. The van der Waals surface area contributed by atoms with E-state index in [9.17, 15) is 9.59 Å². The zero-order valence-electron chi connectivity index (χ0n) is 15.1. The summed E-state index contributed by atoms with van der Waals surface area (Å²) < 4.78 is 5.83. The molecule has 1 N–H and O–H groups in total. The second-order valence-corrected chi connectivity index (χ2v) is 8.15. The number of hydrogen-bond acceptors (Lipinski definition) is 4. The number of carbonyl (C=O) groups excluding carboxylic acids is 2. The molecule has 138 valence electrons. The maximum atomic E-state index is 13.2. The van der Waals surface area contributed by atoms with Crippen LogP contribution in [0.4, 0.5) is 0 Å². The number of carbonyl (C=O) groups is 2. The lowest BCUT2D eigenvalue weighted by atomic mass is 9.93. The van der Waals surface area contributed by atoms with E-state index in [0.29, 0.717) is 17.9 Å². The number of hydrogen-bond donors (Lipinski definition) is 1. The third-order valence-electron chi connectivity index (χ3n) is 5.54. The highest BCUT2D eigenvalue weighted by molar-refractivity contribution is 7.12. The molecule has 2 aliphatic rings. The van der Waals surface area contributed by atoms with Crippen molar-refractivity contribution in [3.63, 3.8) is 0 Å². The van der Waals surface area contributed by atoms with Gasteiger partial charge in [-0.2, -0.15) is 0 Å². The van der Waals surface area contributed by atoms with Crippen molar-refractivity contribution in [1.82, 2.24) is 10.2 Å². The van der Waals surface area contributed by atoms with Crippen molar-refractivity contribution in [3.8, 4) is 0 Å². The fourth-order valence-corrected chi connectivity index (χ4v) is 4.47. The molecule has 1 saturated carbocycles. The van der Waals surface area contributed by atoms with Gasteiger partial charge < -0.3 is 10.1 Å². The summed E-state index contributed by atoms with van der Waals surface area (Å²) in [7, 11) is 0. The van der Waals surface area contributed by atoms with Gasteiger partial charge in [0.15, 0.2) is 0 Å². The molecular formula is C19H28N2O3S. The maximum absolute atomic E-state index is 13.2. The number of amides is 2. The summed E-state index contributed by atoms with van der Waals surface area (Å²) in [6.45, 7) is 4.49. The summed E-state index contributed by atoms with van der Waals surface area (Å²) in [4.78, 5) is 28.7. The highest BCUT2D eigenvalue weighted by atomic mass is 32.1. The molecule has 1 aromatic rings. The van der Waals surface area contributed by atoms with Gasteiger partial charge in [-0.05, 0) is 50.5 Å². The van der Waals surface area contributed by atoms with Crippen molar-refractivity contribution >= 4 is 23.2 Å². The van der Waals surface area contributed by atoms with Crippen LogP contribution in [0.2, 0.25) is 0 Å². The Hall–Kier alpha value is -1.40. The topological polar surface area (TPSA) is 58.6 Å². The summed E-state index contributed by atoms with van der Waals surface area (Å²) in [5, 5.41) is 5.08. The minimum atomic E-state index is -0.904. The van der Waals surface area contributed by atoms with Gasteiger partial charge in [0.2, 0.25) is 5.91 Å². The van der Waals surface area contributed by atoms with E-state index in [-0.39, 0.29) is 24.1 Å². The van der Waals surface area contributed by atoms with Gasteiger partial charge in [0.25, 0.3) is 5.91 Å². The Morgan fingerprint density at radius 3 is 2.64 bits per heavy atom. The molecule has 1 aromatic heterocycles. The molecule has 0 spiro atoms. The standard InChI is InChI=1S/C19H28N2O3S/c1-3-19(2,18(23)20-14-8-4-5-9-14)21(16-11-6-12-24-16)17(22)15-10-7-13-25-15/h7,10,13-14,16H,3-6,8-9,11-12H2,1-2H3,(H,20,23)/t16-,19+/m0/s1. The number of thiophene rings is 1. The Balaban J connectivity index is 1.87. The molecule has 1 aliphatic carbocycles. The predicted octanol–water partition coefficient (Wildman–Crippen LogP) is 3.55. The summed E-state index contributed by atoms with van der Waals surface area (Å²) >= 11 is 1.41. The van der Waals surface area contributed by atoms with Crippen LogP contribution in [0.3, 0.4) is 0 Å². The number of nitrogens with zero attached hydrogens (tertiary/aromatic N) is 1. The van der Waals surface area contributed by atoms with E-state index in [1.807, 2.05) is 31.4 Å². The lowest BCUT2D eigenvalue weighted by molar-refractivity contribution is -0.139. The molecule has 3 rings (SSSR count). The zero-order valence-corrected chi connectivity index (χ0v) is 15.9. The van der Waals surface area contributed by atoms with Gasteiger partial charge in [0.1, 0.15) is 11.8 Å². The Kier molecular flexibility index (Phi) is 5.79. The van der Waals surface area contributed by atoms with Crippen molar-refractivity contribution in [3.05, 3.63) is 22.4 Å². The van der Waals surface area contributed by atoms with Crippen molar-refractivity contribution in [2.75, 3.05) is 6.61 Å². The van der Waals surface area contributed by atoms with Crippen molar-refractivity contribution in [2.24, 2.45) is 0 Å². The van der Waals surface area contributed by atoms with Gasteiger partial charge in [-0.25, -0.2) is 0 Å². The minimum Gasteiger partial charge on any atom is -0.358 e. The second-order valence-electron chi connectivity index (χ2n) is 7.20. The van der Waals surface area contributed by atoms with E-state index in [1.165, 1.54) is 11.3 Å². The van der Waals surface area contributed by atoms with Gasteiger partial charge in [0.05, 0.1) is 4.88 Å². The van der Waals surface area contributed by atoms with Crippen LogP contribution in [-0.4, -0.2) is 41.1 Å². The van der Waals surface area contributed by atoms with Crippen LogP contribution in [-0.2, 0) is 9.53 Å². The van der Waals surface area contributed by atoms with Crippen molar-refractivity contribution in [1.29, 1.82) is 0 Å². The Bertz CT molecular complexity index is 592. The average Bonchev–Trinajstić information content (AvgIpc) is 3.36. The molecule has 0 unspecified atom stereocenters. The maximum Gasteiger partial charge on any atom is 0.266 e. The Morgan fingerprint density at radius 1 is 1.32 bits per heavy atom. The molecule has 0 radical (unpaired) electrons. The molecule has 1 saturated heterocycles. The quantitative estimate of drug-likeness (QED) is 0.840. The van der Waals surface area contributed by atoms with Gasteiger partial charge in [-0.15, -0.1) is 11.3 Å². The van der Waals surface area contributed by atoms with Crippen LogP contribution in [0.15, 0.2) is 17.5 Å². The van der Waals surface area contributed by atoms with E-state index in [2.05, 4.69) is 5.32 Å². The summed E-state index contributed by atoms with van der Waals surface area (Å²) in [5.41, 5.74) is -0.904. The molecule has 2 atom stereocenters. The highest BCUT2D eigenvalue weighted by Gasteiger charge is 2.46. The smallest absolute Gasteiger partial charge is 0.266 e. The van der Waals surface area contributed by atoms with Gasteiger partial charge in [0, 0.05) is 12.6 Å². The summed E-state index contributed by atoms with van der Waals surface area (Å²) in [6, 6.07) is 3.93. The van der Waals surface area contributed by atoms with E-state index < -0.39 is 5.54 Å². The fraction of sp³-hybridized carbons (Fsp3) is 0.684. The molecule has 2 heterocycles. The first-order valence-electron chi connectivity index (χ1n) is 9.36. The number of nitrogens with one attached hydrogen (secondary N) is 1. The molecule has 1 aliphatic heterocycles. The second kappa shape index (κ2) is 7.87. The lowest BCUT2D eigenvalue weighted by Crippen LogP contribution is -2.62. The highest BCUT2D eigenvalue weighted by Crippen LogP contribution is 2.31. The first-order valence-corrected chi connectivity index (χ1v) is 10.2. The van der Waals surface area contributed by atoms with Crippen LogP contribution >= 0.6 is 11.3 Å². The average molecular weight is 365 g/mol. The zero-order chi connectivity index (χ0) is 17.9. The van der Waals surface area contributed by atoms with E-state index in [0.717, 1.165) is 38.5 Å². The predicted molar refractivity (Wildman–Crippen MR) is 98.6 cm³/mol. The van der Waals surface area contributed by atoms with Crippen LogP contribution in [0, 0.1) is 0 Å². The monoisotopic (exact) mass is 364 g/mol. The molecule has 2 amide bonds. The lowest BCUT2D eigenvalue weighted by Gasteiger charge is -2.42. The number of rotatable bonds is 6. The molecule has 0 aromatic carbocycles. The largest absolute Gasteiger partial charge is 0.358 e. The Labute approximate surface area is 153 Å². The molecule has 0 bridgehead atoms. The third-order valence-corrected chi connectivity index (χ3v) is 6.40. The van der Waals surface area contributed by atoms with Crippen molar-refractivity contribution < 1.29 is 14.3 Å². The summed E-state index contributed by atoms with van der Waals surface area (Å²) in [5.74, 6) is -0.157. The first kappa shape index (κ1) is 18.4. The normalized spacial score (nSPS) is 23.4. The van der Waals surface area contributed by atoms with E-state index in [1.54, 1.807) is 4.90 Å². The van der Waals surface area contributed by atoms with Crippen LogP contribution < -0.4 is 5.32 Å².